The van der Waals surface area contributed by atoms with Crippen LogP contribution in [0.5, 0.6) is 11.8 Å². The number of aryl methyl sites for hydroxylation is 1. The molecule has 0 radical (unpaired) electrons. The number of ether oxygens (including phenoxy) is 1. The van der Waals surface area contributed by atoms with Crippen molar-refractivity contribution in [3.8, 4) is 11.8 Å². The van der Waals surface area contributed by atoms with Gasteiger partial charge in [-0.05, 0) is 92.8 Å². The topological polar surface area (TPSA) is 85.2 Å². The van der Waals surface area contributed by atoms with E-state index in [2.05, 4.69) is 21.3 Å². The number of aliphatic hydroxyl groups excluding tert-OH is 1. The molecular weight excluding hydrogens is 569 g/mol. The standard InChI is InChI=1S/C36H44FN5O3/c1-3-27-29(37)7-6-24-14-25(43)15-31(32(24)27)40-13-8-28-30(20-40)38-34(45-22-36-10-5-12-42(36)19-23(2)16-36)39-33(28)41-11-4-9-35(21-41)17-26(44)18-35/h6-7,14-15,26,43-44H,2-5,8-13,16-22H2,1H3. The van der Waals surface area contributed by atoms with Gasteiger partial charge in [-0.3, -0.25) is 4.90 Å². The Kier molecular flexibility index (Phi) is 6.98. The van der Waals surface area contributed by atoms with Gasteiger partial charge in [0, 0.05) is 48.9 Å². The molecule has 5 heterocycles. The average molecular weight is 614 g/mol. The quantitative estimate of drug-likeness (QED) is 0.352. The fraction of sp³-hybridized carbons (Fsp3) is 0.556. The van der Waals surface area contributed by atoms with E-state index in [1.54, 1.807) is 18.2 Å². The number of hydrogen-bond donors (Lipinski definition) is 2. The van der Waals surface area contributed by atoms with Crippen LogP contribution in [0.4, 0.5) is 15.9 Å². The van der Waals surface area contributed by atoms with Gasteiger partial charge in [0.25, 0.3) is 0 Å². The lowest BCUT2D eigenvalue weighted by molar-refractivity contribution is -0.0397. The number of anilines is 2. The highest BCUT2D eigenvalue weighted by Gasteiger charge is 2.48. The zero-order valence-electron chi connectivity index (χ0n) is 26.3. The molecule has 8 rings (SSSR count). The van der Waals surface area contributed by atoms with Crippen LogP contribution in [0.2, 0.25) is 0 Å². The zero-order valence-corrected chi connectivity index (χ0v) is 26.3. The maximum atomic E-state index is 15.0. The Labute approximate surface area is 264 Å². The number of rotatable bonds is 6. The molecule has 1 aromatic heterocycles. The molecule has 0 amide bonds. The molecule has 8 nitrogen and oxygen atoms in total. The number of phenols is 1. The molecule has 1 atom stereocenters. The summed E-state index contributed by atoms with van der Waals surface area (Å²) in [5.41, 5.74) is 4.98. The average Bonchev–Trinajstić information content (AvgIpc) is 3.54. The van der Waals surface area contributed by atoms with E-state index in [0.717, 1.165) is 105 Å². The molecule has 2 aromatic carbocycles. The first-order valence-corrected chi connectivity index (χ1v) is 16.8. The van der Waals surface area contributed by atoms with Crippen LogP contribution in [0.25, 0.3) is 10.8 Å². The van der Waals surface area contributed by atoms with Crippen molar-refractivity contribution in [1.29, 1.82) is 0 Å². The highest BCUT2D eigenvalue weighted by Crippen LogP contribution is 2.49. The van der Waals surface area contributed by atoms with Crippen molar-refractivity contribution >= 4 is 22.3 Å². The predicted molar refractivity (Wildman–Crippen MR) is 174 cm³/mol. The van der Waals surface area contributed by atoms with Crippen molar-refractivity contribution in [2.24, 2.45) is 5.41 Å². The van der Waals surface area contributed by atoms with Crippen molar-refractivity contribution < 1.29 is 19.3 Å². The molecule has 2 N–H and O–H groups in total. The lowest BCUT2D eigenvalue weighted by atomic mass is 9.62. The van der Waals surface area contributed by atoms with E-state index < -0.39 is 0 Å². The van der Waals surface area contributed by atoms with E-state index >= 15 is 4.39 Å². The van der Waals surface area contributed by atoms with Crippen LogP contribution >= 0.6 is 0 Å². The van der Waals surface area contributed by atoms with E-state index in [4.69, 9.17) is 14.7 Å². The molecule has 238 valence electrons. The summed E-state index contributed by atoms with van der Waals surface area (Å²) in [5.74, 6) is 0.918. The number of nitrogens with zero attached hydrogens (tertiary/aromatic N) is 5. The molecule has 4 aliphatic heterocycles. The molecular formula is C36H44FN5O3. The molecule has 9 heteroatoms. The van der Waals surface area contributed by atoms with Gasteiger partial charge in [0.1, 0.15) is 24.0 Å². The number of aromatic nitrogens is 2. The summed E-state index contributed by atoms with van der Waals surface area (Å²) in [6, 6.07) is 7.15. The third-order valence-corrected chi connectivity index (χ3v) is 11.4. The Morgan fingerprint density at radius 2 is 1.91 bits per heavy atom. The molecule has 5 aliphatic rings. The summed E-state index contributed by atoms with van der Waals surface area (Å²) in [4.78, 5) is 17.3. The number of piperidine rings is 1. The normalized spacial score (nSPS) is 28.1. The van der Waals surface area contributed by atoms with Gasteiger partial charge in [0.05, 0.1) is 23.9 Å². The van der Waals surface area contributed by atoms with Gasteiger partial charge in [0.2, 0.25) is 0 Å². The fourth-order valence-corrected chi connectivity index (χ4v) is 9.30. The lowest BCUT2D eigenvalue weighted by Crippen LogP contribution is -2.53. The maximum Gasteiger partial charge on any atom is 0.318 e. The number of aliphatic hydroxyl groups is 1. The minimum absolute atomic E-state index is 0.0269. The Morgan fingerprint density at radius 1 is 1.07 bits per heavy atom. The molecule has 1 aliphatic carbocycles. The van der Waals surface area contributed by atoms with E-state index in [1.165, 1.54) is 18.1 Å². The molecule has 1 spiro atoms. The predicted octanol–water partition coefficient (Wildman–Crippen LogP) is 5.51. The van der Waals surface area contributed by atoms with Crippen molar-refractivity contribution in [2.75, 3.05) is 49.1 Å². The maximum absolute atomic E-state index is 15.0. The second-order valence-electron chi connectivity index (χ2n) is 14.4. The summed E-state index contributed by atoms with van der Waals surface area (Å²) in [6.45, 7) is 11.9. The smallest absolute Gasteiger partial charge is 0.318 e. The van der Waals surface area contributed by atoms with E-state index in [9.17, 15) is 10.2 Å². The van der Waals surface area contributed by atoms with Crippen LogP contribution in [-0.2, 0) is 19.4 Å². The Hall–Kier alpha value is -3.43. The Morgan fingerprint density at radius 3 is 2.73 bits per heavy atom. The highest BCUT2D eigenvalue weighted by atomic mass is 19.1. The SMILES string of the molecule is C=C1CN2CCCC2(COc2nc3c(c(N4CCCC5(CC(O)C5)C4)n2)CCN(c2cc(O)cc4ccc(F)c(CC)c24)C3)C1. The zero-order chi connectivity index (χ0) is 30.9. The van der Waals surface area contributed by atoms with E-state index in [-0.39, 0.29) is 28.6 Å². The summed E-state index contributed by atoms with van der Waals surface area (Å²) < 4.78 is 21.6. The number of aromatic hydroxyl groups is 1. The first-order valence-electron chi connectivity index (χ1n) is 16.8. The first kappa shape index (κ1) is 29.0. The first-order chi connectivity index (χ1) is 21.7. The van der Waals surface area contributed by atoms with Crippen molar-refractivity contribution in [3.05, 3.63) is 59.1 Å². The molecule has 1 unspecified atom stereocenters. The van der Waals surface area contributed by atoms with E-state index in [1.807, 2.05) is 6.92 Å². The third-order valence-electron chi connectivity index (χ3n) is 11.4. The molecule has 3 saturated heterocycles. The summed E-state index contributed by atoms with van der Waals surface area (Å²) in [5, 5.41) is 22.6. The summed E-state index contributed by atoms with van der Waals surface area (Å²) in [6.07, 6.45) is 8.26. The molecule has 1 saturated carbocycles. The lowest BCUT2D eigenvalue weighted by Gasteiger charge is -2.52. The van der Waals surface area contributed by atoms with Gasteiger partial charge in [-0.15, -0.1) is 0 Å². The fourth-order valence-electron chi connectivity index (χ4n) is 9.30. The molecule has 4 fully saturated rings. The van der Waals surface area contributed by atoms with Gasteiger partial charge in [0.15, 0.2) is 0 Å². The van der Waals surface area contributed by atoms with Crippen LogP contribution in [-0.4, -0.2) is 76.1 Å². The largest absolute Gasteiger partial charge is 0.508 e. The van der Waals surface area contributed by atoms with Crippen LogP contribution in [0.15, 0.2) is 36.4 Å². The van der Waals surface area contributed by atoms with Gasteiger partial charge in [-0.1, -0.05) is 25.1 Å². The Bertz CT molecular complexity index is 1670. The molecule has 0 bridgehead atoms. The highest BCUT2D eigenvalue weighted by molar-refractivity contribution is 5.98. The number of benzene rings is 2. The van der Waals surface area contributed by atoms with Crippen molar-refractivity contribution in [2.45, 2.75) is 82.9 Å². The van der Waals surface area contributed by atoms with Crippen LogP contribution < -0.4 is 14.5 Å². The third kappa shape index (κ3) is 4.94. The summed E-state index contributed by atoms with van der Waals surface area (Å²) in [7, 11) is 0. The second kappa shape index (κ2) is 10.8. The molecule has 45 heavy (non-hydrogen) atoms. The number of phenolic OH excluding ortho intramolecular Hbond substituents is 1. The monoisotopic (exact) mass is 613 g/mol. The minimum atomic E-state index is -0.218. The molecule has 3 aromatic rings. The summed E-state index contributed by atoms with van der Waals surface area (Å²) >= 11 is 0. The number of hydrogen-bond acceptors (Lipinski definition) is 8. The second-order valence-corrected chi connectivity index (χ2v) is 14.4. The van der Waals surface area contributed by atoms with Crippen LogP contribution in [0, 0.1) is 11.2 Å². The van der Waals surface area contributed by atoms with Crippen molar-refractivity contribution in [3.63, 3.8) is 0 Å². The minimum Gasteiger partial charge on any atom is -0.508 e. The van der Waals surface area contributed by atoms with Crippen LogP contribution in [0.3, 0.4) is 0 Å². The van der Waals surface area contributed by atoms with Gasteiger partial charge >= 0.3 is 6.01 Å². The van der Waals surface area contributed by atoms with Crippen molar-refractivity contribution in [1.82, 2.24) is 14.9 Å². The van der Waals surface area contributed by atoms with Gasteiger partial charge in [-0.25, -0.2) is 4.39 Å². The number of halogens is 1. The van der Waals surface area contributed by atoms with E-state index in [0.29, 0.717) is 37.7 Å². The van der Waals surface area contributed by atoms with Gasteiger partial charge < -0.3 is 24.7 Å². The van der Waals surface area contributed by atoms with Crippen LogP contribution in [0.1, 0.15) is 68.7 Å². The number of fused-ring (bicyclic) bond motifs is 3. The Balaban J connectivity index is 1.16. The van der Waals surface area contributed by atoms with Gasteiger partial charge in [-0.2, -0.15) is 9.97 Å².